The molecule has 0 aliphatic heterocycles. The SMILES string of the molecule is [CH]CCCCCCCC[CH]. The normalized spacial score (nSPS) is 10.2. The molecule has 0 heteroatoms. The summed E-state index contributed by atoms with van der Waals surface area (Å²) in [5.74, 6) is 0. The summed E-state index contributed by atoms with van der Waals surface area (Å²) >= 11 is 0. The van der Waals surface area contributed by atoms with E-state index in [1.807, 2.05) is 0 Å². The van der Waals surface area contributed by atoms with Gasteiger partial charge < -0.3 is 0 Å². The van der Waals surface area contributed by atoms with E-state index < -0.39 is 0 Å². The molecule has 0 heterocycles. The molecule has 0 saturated carbocycles. The van der Waals surface area contributed by atoms with Crippen LogP contribution in [0.2, 0.25) is 0 Å². The molecule has 0 aromatic rings. The van der Waals surface area contributed by atoms with E-state index in [1.165, 1.54) is 38.5 Å². The lowest BCUT2D eigenvalue weighted by Gasteiger charge is -1.97. The van der Waals surface area contributed by atoms with Crippen LogP contribution in [0.4, 0.5) is 0 Å². The van der Waals surface area contributed by atoms with Gasteiger partial charge in [-0.3, -0.25) is 0 Å². The molecule has 0 fully saturated rings. The molecule has 10 heavy (non-hydrogen) atoms. The van der Waals surface area contributed by atoms with Gasteiger partial charge in [-0.05, 0) is 26.7 Å². The van der Waals surface area contributed by atoms with Gasteiger partial charge in [0.25, 0.3) is 0 Å². The third-order valence-electron chi connectivity index (χ3n) is 1.66. The molecule has 0 saturated heterocycles. The Morgan fingerprint density at radius 3 is 1.10 bits per heavy atom. The van der Waals surface area contributed by atoms with Crippen molar-refractivity contribution in [2.45, 2.75) is 51.4 Å². The fourth-order valence-electron chi connectivity index (χ4n) is 0.996. The molecule has 4 radical (unpaired) electrons. The standard InChI is InChI=1S/C10H18/c1-3-5-7-9-10-8-6-4-2/h1-2H,3-10H2. The molecule has 0 N–H and O–H groups in total. The van der Waals surface area contributed by atoms with Crippen LogP contribution in [0.5, 0.6) is 0 Å². The fraction of sp³-hybridized carbons (Fsp3) is 0.800. The first-order chi connectivity index (χ1) is 4.91. The lowest BCUT2D eigenvalue weighted by molar-refractivity contribution is 0.599. The van der Waals surface area contributed by atoms with Crippen LogP contribution < -0.4 is 0 Å². The minimum absolute atomic E-state index is 0.844. The van der Waals surface area contributed by atoms with Crippen molar-refractivity contribution >= 4 is 0 Å². The van der Waals surface area contributed by atoms with Gasteiger partial charge in [0.2, 0.25) is 0 Å². The van der Waals surface area contributed by atoms with Crippen molar-refractivity contribution in [2.24, 2.45) is 0 Å². The number of hydrogen-bond donors (Lipinski definition) is 0. The molecule has 0 rings (SSSR count). The van der Waals surface area contributed by atoms with Gasteiger partial charge in [-0.15, -0.1) is 0 Å². The predicted molar refractivity (Wildman–Crippen MR) is 45.5 cm³/mol. The number of rotatable bonds is 7. The molecule has 0 spiro atoms. The van der Waals surface area contributed by atoms with E-state index in [0.29, 0.717) is 0 Å². The minimum atomic E-state index is 0.844. The van der Waals surface area contributed by atoms with E-state index in [9.17, 15) is 0 Å². The van der Waals surface area contributed by atoms with E-state index in [1.54, 1.807) is 0 Å². The summed E-state index contributed by atoms with van der Waals surface area (Å²) < 4.78 is 0. The van der Waals surface area contributed by atoms with Crippen LogP contribution in [-0.2, 0) is 0 Å². The van der Waals surface area contributed by atoms with Gasteiger partial charge in [0.1, 0.15) is 0 Å². The van der Waals surface area contributed by atoms with Crippen LogP contribution in [0.3, 0.4) is 0 Å². The summed E-state index contributed by atoms with van der Waals surface area (Å²) in [6.45, 7) is 10.7. The van der Waals surface area contributed by atoms with Gasteiger partial charge in [0.15, 0.2) is 0 Å². The second-order valence-electron chi connectivity index (χ2n) is 2.70. The van der Waals surface area contributed by atoms with Crippen molar-refractivity contribution in [3.63, 3.8) is 0 Å². The van der Waals surface area contributed by atoms with Crippen LogP contribution >= 0.6 is 0 Å². The number of hydrogen-bond acceptors (Lipinski definition) is 0. The highest BCUT2D eigenvalue weighted by atomic mass is 13.9. The molecule has 0 aliphatic carbocycles. The highest BCUT2D eigenvalue weighted by Gasteiger charge is 1.87. The molecule has 0 aromatic carbocycles. The monoisotopic (exact) mass is 138 g/mol. The maximum atomic E-state index is 5.35. The first-order valence-corrected chi connectivity index (χ1v) is 4.32. The Morgan fingerprint density at radius 2 is 0.800 bits per heavy atom. The largest absolute Gasteiger partial charge is 0.0533 e. The first-order valence-electron chi connectivity index (χ1n) is 4.32. The zero-order valence-electron chi connectivity index (χ0n) is 6.81. The van der Waals surface area contributed by atoms with Crippen LogP contribution in [0.25, 0.3) is 0 Å². The van der Waals surface area contributed by atoms with E-state index in [0.717, 1.165) is 12.8 Å². The van der Waals surface area contributed by atoms with Gasteiger partial charge >= 0.3 is 0 Å². The lowest BCUT2D eigenvalue weighted by atomic mass is 10.1. The van der Waals surface area contributed by atoms with Crippen LogP contribution in [0, 0.1) is 13.8 Å². The van der Waals surface area contributed by atoms with E-state index >= 15 is 0 Å². The summed E-state index contributed by atoms with van der Waals surface area (Å²) in [6, 6.07) is 0. The molecular weight excluding hydrogens is 120 g/mol. The molecule has 0 aromatic heterocycles. The van der Waals surface area contributed by atoms with Gasteiger partial charge in [-0.1, -0.05) is 38.5 Å². The second-order valence-corrected chi connectivity index (χ2v) is 2.70. The van der Waals surface area contributed by atoms with Crippen molar-refractivity contribution < 1.29 is 0 Å². The van der Waals surface area contributed by atoms with Crippen molar-refractivity contribution in [3.8, 4) is 0 Å². The smallest absolute Gasteiger partial charge is 0.0352 e. The van der Waals surface area contributed by atoms with Gasteiger partial charge in [-0.2, -0.15) is 0 Å². The van der Waals surface area contributed by atoms with Gasteiger partial charge in [-0.25, -0.2) is 0 Å². The van der Waals surface area contributed by atoms with Crippen LogP contribution in [0.15, 0.2) is 0 Å². The Bertz CT molecular complexity index is 40.0. The molecule has 0 bridgehead atoms. The Hall–Kier alpha value is 0. The molecule has 0 atom stereocenters. The highest BCUT2D eigenvalue weighted by Crippen LogP contribution is 2.07. The average Bonchev–Trinajstić information content (AvgIpc) is 1.97. The fourth-order valence-corrected chi connectivity index (χ4v) is 0.996. The summed E-state index contributed by atoms with van der Waals surface area (Å²) in [7, 11) is 0. The summed E-state index contributed by atoms with van der Waals surface area (Å²) in [4.78, 5) is 0. The third-order valence-corrected chi connectivity index (χ3v) is 1.66. The molecule has 0 aliphatic rings. The van der Waals surface area contributed by atoms with Gasteiger partial charge in [0, 0.05) is 0 Å². The topological polar surface area (TPSA) is 0 Å². The summed E-state index contributed by atoms with van der Waals surface area (Å²) in [6.07, 6.45) is 9.30. The quantitative estimate of drug-likeness (QED) is 0.472. The van der Waals surface area contributed by atoms with Gasteiger partial charge in [0.05, 0.1) is 0 Å². The Kier molecular flexibility index (Phi) is 9.00. The summed E-state index contributed by atoms with van der Waals surface area (Å²) in [5.41, 5.74) is 0. The molecule has 0 unspecified atom stereocenters. The predicted octanol–water partition coefficient (Wildman–Crippen LogP) is 3.53. The average molecular weight is 138 g/mol. The van der Waals surface area contributed by atoms with Crippen LogP contribution in [0.1, 0.15) is 51.4 Å². The zero-order chi connectivity index (χ0) is 7.66. The third kappa shape index (κ3) is 8.00. The highest BCUT2D eigenvalue weighted by molar-refractivity contribution is 4.47. The minimum Gasteiger partial charge on any atom is -0.0533 e. The number of unbranched alkanes of at least 4 members (excludes halogenated alkanes) is 7. The van der Waals surface area contributed by atoms with Crippen molar-refractivity contribution in [1.29, 1.82) is 0 Å². The van der Waals surface area contributed by atoms with E-state index in [4.69, 9.17) is 13.8 Å². The van der Waals surface area contributed by atoms with Crippen molar-refractivity contribution in [3.05, 3.63) is 13.8 Å². The van der Waals surface area contributed by atoms with E-state index in [-0.39, 0.29) is 0 Å². The first kappa shape index (κ1) is 10.0. The molecule has 0 nitrogen and oxygen atoms in total. The molecular formula is C10H18. The van der Waals surface area contributed by atoms with Crippen molar-refractivity contribution in [2.75, 3.05) is 0 Å². The molecule has 0 amide bonds. The Morgan fingerprint density at radius 1 is 0.500 bits per heavy atom. The van der Waals surface area contributed by atoms with E-state index in [2.05, 4.69) is 0 Å². The maximum Gasteiger partial charge on any atom is -0.0352 e. The maximum absolute atomic E-state index is 5.35. The second kappa shape index (κ2) is 9.00. The van der Waals surface area contributed by atoms with Crippen LogP contribution in [-0.4, -0.2) is 0 Å². The Balaban J connectivity index is 2.65. The zero-order valence-corrected chi connectivity index (χ0v) is 6.81. The molecule has 58 valence electrons. The summed E-state index contributed by atoms with van der Waals surface area (Å²) in [5, 5.41) is 0. The Labute approximate surface area is 66.0 Å². The lowest BCUT2D eigenvalue weighted by Crippen LogP contribution is -1.78. The van der Waals surface area contributed by atoms with Crippen molar-refractivity contribution in [1.82, 2.24) is 0 Å².